The lowest BCUT2D eigenvalue weighted by atomic mass is 9.80. The van der Waals surface area contributed by atoms with Gasteiger partial charge < -0.3 is 10.1 Å². The third kappa shape index (κ3) is 4.13. The lowest BCUT2D eigenvalue weighted by molar-refractivity contribution is -0.123. The van der Waals surface area contributed by atoms with E-state index in [9.17, 15) is 19.2 Å². The number of alkyl halides is 2. The van der Waals surface area contributed by atoms with Gasteiger partial charge in [0.1, 0.15) is 0 Å². The second-order valence-corrected chi connectivity index (χ2v) is 11.5. The second-order valence-electron chi connectivity index (χ2n) is 9.60. The van der Waals surface area contributed by atoms with Gasteiger partial charge in [0, 0.05) is 10.2 Å². The fourth-order valence-electron chi connectivity index (χ4n) is 5.67. The first-order valence-electron chi connectivity index (χ1n) is 11.6. The Kier molecular flexibility index (Phi) is 6.64. The summed E-state index contributed by atoms with van der Waals surface area (Å²) in [4.78, 5) is 52.2. The van der Waals surface area contributed by atoms with Crippen LogP contribution in [0.15, 0.2) is 40.9 Å². The maximum Gasteiger partial charge on any atom is 0.338 e. The van der Waals surface area contributed by atoms with Gasteiger partial charge in [-0.3, -0.25) is 19.3 Å². The summed E-state index contributed by atoms with van der Waals surface area (Å²) in [5.74, 6) is -2.77. The number of hydrogen-bond acceptors (Lipinski definition) is 5. The monoisotopic (exact) mass is 592 g/mol. The number of aryl methyl sites for hydroxylation is 2. The SMILES string of the molecule is Cc1cc(NC(=O)COC(=O)c2ccc(N3C(=O)[C@@H]4[C@H]5C[C@@H]([C@H](Cl)[C@@H]5Cl)[C@@H]4C3=O)cc2)c(C)cc1Br. The Labute approximate surface area is 226 Å². The summed E-state index contributed by atoms with van der Waals surface area (Å²) in [6.45, 7) is 3.32. The highest BCUT2D eigenvalue weighted by Crippen LogP contribution is 2.59. The number of carbonyl (C=O) groups is 4. The molecule has 7 nitrogen and oxygen atoms in total. The number of halogens is 3. The molecule has 2 bridgehead atoms. The average Bonchev–Trinajstić information content (AvgIpc) is 3.46. The Hall–Kier alpha value is -2.42. The van der Waals surface area contributed by atoms with Crippen LogP contribution in [0.5, 0.6) is 0 Å². The van der Waals surface area contributed by atoms with E-state index >= 15 is 0 Å². The number of hydrogen-bond donors (Lipinski definition) is 1. The van der Waals surface area contributed by atoms with Gasteiger partial charge in [-0.15, -0.1) is 23.2 Å². The zero-order chi connectivity index (χ0) is 25.9. The molecular formula is C26H23BrCl2N2O5. The maximum atomic E-state index is 13.1. The summed E-state index contributed by atoms with van der Waals surface area (Å²) >= 11 is 16.3. The van der Waals surface area contributed by atoms with Gasteiger partial charge in [0.05, 0.1) is 33.8 Å². The number of amides is 3. The number of imide groups is 1. The van der Waals surface area contributed by atoms with Crippen LogP contribution < -0.4 is 10.2 Å². The minimum absolute atomic E-state index is 0.101. The molecule has 1 saturated heterocycles. The molecule has 3 amide bonds. The first-order chi connectivity index (χ1) is 17.1. The van der Waals surface area contributed by atoms with Crippen molar-refractivity contribution >= 4 is 74.2 Å². The summed E-state index contributed by atoms with van der Waals surface area (Å²) in [5.41, 5.74) is 3.05. The van der Waals surface area contributed by atoms with E-state index < -0.39 is 30.3 Å². The summed E-state index contributed by atoms with van der Waals surface area (Å²) in [5, 5.41) is 2.10. The van der Waals surface area contributed by atoms with Gasteiger partial charge >= 0.3 is 5.97 Å². The quantitative estimate of drug-likeness (QED) is 0.304. The molecule has 2 saturated carbocycles. The van der Waals surface area contributed by atoms with Crippen LogP contribution >= 0.6 is 39.1 Å². The zero-order valence-electron chi connectivity index (χ0n) is 19.5. The van der Waals surface area contributed by atoms with Crippen molar-refractivity contribution in [1.82, 2.24) is 0 Å². The molecule has 36 heavy (non-hydrogen) atoms. The first kappa shape index (κ1) is 25.2. The molecule has 3 aliphatic rings. The van der Waals surface area contributed by atoms with E-state index in [1.807, 2.05) is 26.0 Å². The number of anilines is 2. The number of benzene rings is 2. The highest BCUT2D eigenvalue weighted by atomic mass is 79.9. The summed E-state index contributed by atoms with van der Waals surface area (Å²) < 4.78 is 6.08. The largest absolute Gasteiger partial charge is 0.452 e. The van der Waals surface area contributed by atoms with Crippen LogP contribution in [0.1, 0.15) is 27.9 Å². The molecule has 1 aliphatic heterocycles. The molecule has 0 spiro atoms. The van der Waals surface area contributed by atoms with Crippen molar-refractivity contribution in [3.8, 4) is 0 Å². The number of fused-ring (bicyclic) bond motifs is 5. The minimum atomic E-state index is -0.690. The van der Waals surface area contributed by atoms with Crippen LogP contribution in [-0.2, 0) is 19.1 Å². The van der Waals surface area contributed by atoms with Gasteiger partial charge in [0.25, 0.3) is 5.91 Å². The van der Waals surface area contributed by atoms with Gasteiger partial charge in [0.15, 0.2) is 6.61 Å². The smallest absolute Gasteiger partial charge is 0.338 e. The molecule has 2 aliphatic carbocycles. The van der Waals surface area contributed by atoms with Crippen molar-refractivity contribution in [3.05, 3.63) is 57.6 Å². The van der Waals surface area contributed by atoms with Gasteiger partial charge in [-0.2, -0.15) is 0 Å². The van der Waals surface area contributed by atoms with Crippen molar-refractivity contribution in [2.45, 2.75) is 31.0 Å². The predicted octanol–water partition coefficient (Wildman–Crippen LogP) is 4.83. The lowest BCUT2D eigenvalue weighted by Crippen LogP contribution is -2.37. The van der Waals surface area contributed by atoms with Crippen molar-refractivity contribution in [1.29, 1.82) is 0 Å². The van der Waals surface area contributed by atoms with Crippen LogP contribution in [0.3, 0.4) is 0 Å². The molecule has 3 fully saturated rings. The Morgan fingerprint density at radius 1 is 1.00 bits per heavy atom. The normalized spacial score (nSPS) is 28.4. The molecule has 1 heterocycles. The van der Waals surface area contributed by atoms with Gasteiger partial charge in [-0.05, 0) is 79.6 Å². The summed E-state index contributed by atoms with van der Waals surface area (Å²) in [6, 6.07) is 9.72. The predicted molar refractivity (Wildman–Crippen MR) is 139 cm³/mol. The molecule has 10 heteroatoms. The average molecular weight is 594 g/mol. The molecule has 5 rings (SSSR count). The number of nitrogens with zero attached hydrogens (tertiary/aromatic N) is 1. The summed E-state index contributed by atoms with van der Waals surface area (Å²) in [7, 11) is 0. The van der Waals surface area contributed by atoms with E-state index in [0.29, 0.717) is 17.8 Å². The van der Waals surface area contributed by atoms with E-state index in [-0.39, 0.29) is 40.0 Å². The molecular weight excluding hydrogens is 571 g/mol. The van der Waals surface area contributed by atoms with E-state index in [0.717, 1.165) is 15.6 Å². The lowest BCUT2D eigenvalue weighted by Gasteiger charge is -2.28. The molecule has 188 valence electrons. The van der Waals surface area contributed by atoms with Crippen LogP contribution in [-0.4, -0.2) is 41.1 Å². The van der Waals surface area contributed by atoms with Crippen molar-refractivity contribution in [2.75, 3.05) is 16.8 Å². The topological polar surface area (TPSA) is 92.8 Å². The highest BCUT2D eigenvalue weighted by molar-refractivity contribution is 9.10. The number of carbonyl (C=O) groups excluding carboxylic acids is 4. The molecule has 0 unspecified atom stereocenters. The van der Waals surface area contributed by atoms with Crippen LogP contribution in [0, 0.1) is 37.5 Å². The van der Waals surface area contributed by atoms with E-state index in [2.05, 4.69) is 21.2 Å². The molecule has 0 aromatic heterocycles. The van der Waals surface area contributed by atoms with E-state index in [1.54, 1.807) is 0 Å². The molecule has 2 aromatic rings. The van der Waals surface area contributed by atoms with Gasteiger partial charge in [-0.25, -0.2) is 4.79 Å². The van der Waals surface area contributed by atoms with Crippen LogP contribution in [0.4, 0.5) is 11.4 Å². The molecule has 0 radical (unpaired) electrons. The Morgan fingerprint density at radius 2 is 1.58 bits per heavy atom. The highest BCUT2D eigenvalue weighted by Gasteiger charge is 2.66. The van der Waals surface area contributed by atoms with Crippen LogP contribution in [0.2, 0.25) is 0 Å². The molecule has 2 aromatic carbocycles. The molecule has 6 atom stereocenters. The first-order valence-corrected chi connectivity index (χ1v) is 13.2. The minimum Gasteiger partial charge on any atom is -0.452 e. The van der Waals surface area contributed by atoms with Crippen LogP contribution in [0.25, 0.3) is 0 Å². The maximum absolute atomic E-state index is 13.1. The van der Waals surface area contributed by atoms with Crippen molar-refractivity contribution in [2.24, 2.45) is 23.7 Å². The summed E-state index contributed by atoms with van der Waals surface area (Å²) in [6.07, 6.45) is 0.697. The van der Waals surface area contributed by atoms with Crippen molar-refractivity contribution < 1.29 is 23.9 Å². The fraction of sp³-hybridized carbons (Fsp3) is 0.385. The van der Waals surface area contributed by atoms with E-state index in [1.165, 1.54) is 29.2 Å². The Balaban J connectivity index is 1.21. The van der Waals surface area contributed by atoms with E-state index in [4.69, 9.17) is 27.9 Å². The standard InChI is InChI=1S/C26H23BrCl2N2O5/c1-11-8-18(12(2)7-17(11)27)30-19(32)10-36-26(35)13-3-5-14(6-4-13)31-24(33)20-15-9-16(21(20)25(31)34)23(29)22(15)28/h3-8,15-16,20-23H,9-10H2,1-2H3,(H,30,32)/t15-,16-,20-,21+,22-,23+/m1/s1. The fourth-order valence-corrected chi connectivity index (χ4v) is 7.02. The number of nitrogens with one attached hydrogen (secondary N) is 1. The number of esters is 1. The Bertz CT molecular complexity index is 1250. The molecule has 1 N–H and O–H groups in total. The zero-order valence-corrected chi connectivity index (χ0v) is 22.6. The third-order valence-corrected chi connectivity index (χ3v) is 9.64. The Morgan fingerprint density at radius 3 is 2.17 bits per heavy atom. The van der Waals surface area contributed by atoms with Gasteiger partial charge in [-0.1, -0.05) is 15.9 Å². The second kappa shape index (κ2) is 9.47. The number of ether oxygens (including phenoxy) is 1. The van der Waals surface area contributed by atoms with Gasteiger partial charge in [0.2, 0.25) is 11.8 Å². The van der Waals surface area contributed by atoms with Crippen molar-refractivity contribution in [3.63, 3.8) is 0 Å². The number of rotatable bonds is 5. The third-order valence-electron chi connectivity index (χ3n) is 7.46.